The number of likely N-dealkylation sites (tertiary alicyclic amines) is 1. The quantitative estimate of drug-likeness (QED) is 0.827. The molecule has 25 heavy (non-hydrogen) atoms. The van der Waals surface area contributed by atoms with Crippen LogP contribution in [0.15, 0.2) is 46.5 Å². The average molecular weight is 361 g/mol. The third-order valence-electron chi connectivity index (χ3n) is 4.82. The van der Waals surface area contributed by atoms with E-state index >= 15 is 0 Å². The number of carbonyl (C=O) groups is 1. The number of benzene rings is 1. The van der Waals surface area contributed by atoms with Crippen molar-refractivity contribution in [3.8, 4) is 0 Å². The number of carbonyl (C=O) groups excluding carboxylic acids is 1. The molecule has 3 rings (SSSR count). The van der Waals surface area contributed by atoms with Gasteiger partial charge in [0.15, 0.2) is 0 Å². The Hall–Kier alpha value is -2.15. The molecule has 1 saturated heterocycles. The molecule has 0 bridgehead atoms. The molecule has 2 aliphatic heterocycles. The number of piperidine rings is 1. The van der Waals surface area contributed by atoms with E-state index in [4.69, 9.17) is 0 Å². The second-order valence-electron chi connectivity index (χ2n) is 6.64. The number of hydrogen-bond donors (Lipinski definition) is 0. The van der Waals surface area contributed by atoms with Crippen LogP contribution in [0.5, 0.6) is 0 Å². The van der Waals surface area contributed by atoms with Crippen molar-refractivity contribution in [1.82, 2.24) is 9.21 Å². The second kappa shape index (κ2) is 7.00. The number of amides is 1. The third kappa shape index (κ3) is 3.92. The van der Waals surface area contributed by atoms with Gasteiger partial charge in [-0.25, -0.2) is 0 Å². The Balaban J connectivity index is 1.61. The maximum atomic E-state index is 12.7. The Labute approximate surface area is 149 Å². The van der Waals surface area contributed by atoms with Crippen LogP contribution in [0.4, 0.5) is 0 Å². The van der Waals surface area contributed by atoms with Crippen LogP contribution >= 0.6 is 0 Å². The molecular formula is C18H23N3O3S. The van der Waals surface area contributed by atoms with Crippen molar-refractivity contribution in [3.63, 3.8) is 0 Å². The summed E-state index contributed by atoms with van der Waals surface area (Å²) >= 11 is 0. The molecule has 6 nitrogen and oxygen atoms in total. The second-order valence-corrected chi connectivity index (χ2v) is 8.29. The first-order valence-electron chi connectivity index (χ1n) is 8.47. The lowest BCUT2D eigenvalue weighted by Crippen LogP contribution is -2.42. The van der Waals surface area contributed by atoms with E-state index in [1.165, 1.54) is 18.8 Å². The van der Waals surface area contributed by atoms with Crippen molar-refractivity contribution in [1.29, 1.82) is 0 Å². The van der Waals surface area contributed by atoms with Gasteiger partial charge in [0.2, 0.25) is 0 Å². The zero-order valence-electron chi connectivity index (χ0n) is 14.6. The molecule has 0 spiro atoms. The standard InChI is InChI=1S/C18H23N3O3S/c1-14-17(13-20(2)25(23,24)19-14)18(22)21-10-8-16(9-11-21)12-15-6-4-3-5-7-15/h3-7,13,16H,8-12H2,1-2H3. The van der Waals surface area contributed by atoms with Gasteiger partial charge in [0, 0.05) is 26.3 Å². The zero-order chi connectivity index (χ0) is 18.0. The highest BCUT2D eigenvalue weighted by Crippen LogP contribution is 2.24. The topological polar surface area (TPSA) is 70.0 Å². The van der Waals surface area contributed by atoms with Gasteiger partial charge in [-0.1, -0.05) is 30.3 Å². The fraction of sp³-hybridized carbons (Fsp3) is 0.444. The van der Waals surface area contributed by atoms with Gasteiger partial charge in [0.05, 0.1) is 11.3 Å². The SMILES string of the molecule is CC1=NS(=O)(=O)N(C)C=C1C(=O)N1CCC(Cc2ccccc2)CC1. The first-order chi connectivity index (χ1) is 11.9. The van der Waals surface area contributed by atoms with Gasteiger partial charge < -0.3 is 4.90 Å². The smallest absolute Gasteiger partial charge is 0.339 e. The van der Waals surface area contributed by atoms with Crippen molar-refractivity contribution in [3.05, 3.63) is 47.7 Å². The van der Waals surface area contributed by atoms with Gasteiger partial charge in [-0.3, -0.25) is 9.10 Å². The molecule has 7 heteroatoms. The summed E-state index contributed by atoms with van der Waals surface area (Å²) in [6.45, 7) is 2.95. The number of rotatable bonds is 3. The lowest BCUT2D eigenvalue weighted by Gasteiger charge is -2.33. The van der Waals surface area contributed by atoms with E-state index in [-0.39, 0.29) is 11.6 Å². The highest BCUT2D eigenvalue weighted by Gasteiger charge is 2.30. The Kier molecular flexibility index (Phi) is 4.94. The predicted octanol–water partition coefficient (Wildman–Crippen LogP) is 2.00. The molecule has 2 aliphatic rings. The van der Waals surface area contributed by atoms with Gasteiger partial charge in [-0.2, -0.15) is 8.42 Å². The van der Waals surface area contributed by atoms with Crippen LogP contribution in [0.1, 0.15) is 25.3 Å². The molecule has 0 unspecified atom stereocenters. The van der Waals surface area contributed by atoms with Crippen molar-refractivity contribution >= 4 is 21.8 Å². The fourth-order valence-electron chi connectivity index (χ4n) is 3.30. The average Bonchev–Trinajstić information content (AvgIpc) is 2.59. The van der Waals surface area contributed by atoms with Gasteiger partial charge in [-0.05, 0) is 37.7 Å². The minimum atomic E-state index is -3.68. The van der Waals surface area contributed by atoms with Crippen LogP contribution in [-0.4, -0.2) is 49.4 Å². The van der Waals surface area contributed by atoms with Gasteiger partial charge in [-0.15, -0.1) is 4.40 Å². The van der Waals surface area contributed by atoms with Crippen LogP contribution in [0.3, 0.4) is 0 Å². The van der Waals surface area contributed by atoms with Gasteiger partial charge in [0.1, 0.15) is 0 Å². The maximum absolute atomic E-state index is 12.7. The summed E-state index contributed by atoms with van der Waals surface area (Å²) in [7, 11) is -2.28. The molecule has 0 N–H and O–H groups in total. The first kappa shape index (κ1) is 17.7. The summed E-state index contributed by atoms with van der Waals surface area (Å²) in [5, 5.41) is 0. The lowest BCUT2D eigenvalue weighted by atomic mass is 9.90. The van der Waals surface area contributed by atoms with E-state index in [0.29, 0.717) is 24.6 Å². The lowest BCUT2D eigenvalue weighted by molar-refractivity contribution is -0.128. The molecule has 134 valence electrons. The van der Waals surface area contributed by atoms with Crippen molar-refractivity contribution in [2.45, 2.75) is 26.2 Å². The zero-order valence-corrected chi connectivity index (χ0v) is 15.4. The molecule has 1 amide bonds. The Morgan fingerprint density at radius 1 is 1.20 bits per heavy atom. The normalized spacial score (nSPS) is 20.9. The van der Waals surface area contributed by atoms with E-state index in [2.05, 4.69) is 28.7 Å². The fourth-order valence-corrected chi connectivity index (χ4v) is 4.11. The minimum absolute atomic E-state index is 0.138. The van der Waals surface area contributed by atoms with Crippen LogP contribution < -0.4 is 0 Å². The van der Waals surface area contributed by atoms with Crippen molar-refractivity contribution in [2.24, 2.45) is 10.3 Å². The van der Waals surface area contributed by atoms with E-state index in [1.807, 2.05) is 6.07 Å². The van der Waals surface area contributed by atoms with Crippen LogP contribution in [0.2, 0.25) is 0 Å². The van der Waals surface area contributed by atoms with Crippen LogP contribution in [-0.2, 0) is 21.4 Å². The molecule has 0 aromatic heterocycles. The summed E-state index contributed by atoms with van der Waals surface area (Å²) in [6.07, 6.45) is 4.32. The summed E-state index contributed by atoms with van der Waals surface area (Å²) in [5.74, 6) is 0.436. The molecule has 0 atom stereocenters. The third-order valence-corrected chi connectivity index (χ3v) is 6.15. The van der Waals surface area contributed by atoms with E-state index in [0.717, 1.165) is 23.6 Å². The van der Waals surface area contributed by atoms with E-state index in [1.54, 1.807) is 11.8 Å². The molecule has 2 heterocycles. The minimum Gasteiger partial charge on any atom is -0.339 e. The monoisotopic (exact) mass is 361 g/mol. The first-order valence-corrected chi connectivity index (χ1v) is 9.86. The molecule has 0 aliphatic carbocycles. The number of nitrogens with zero attached hydrogens (tertiary/aromatic N) is 3. The van der Waals surface area contributed by atoms with E-state index < -0.39 is 10.2 Å². The Bertz CT molecular complexity index is 807. The van der Waals surface area contributed by atoms with Crippen molar-refractivity contribution < 1.29 is 13.2 Å². The molecule has 0 saturated carbocycles. The molecular weight excluding hydrogens is 338 g/mol. The van der Waals surface area contributed by atoms with Gasteiger partial charge in [0.25, 0.3) is 5.91 Å². The molecule has 0 radical (unpaired) electrons. The largest absolute Gasteiger partial charge is 0.344 e. The number of hydrogen-bond acceptors (Lipinski definition) is 3. The summed E-state index contributed by atoms with van der Waals surface area (Å²) in [4.78, 5) is 14.5. The Morgan fingerprint density at radius 3 is 2.48 bits per heavy atom. The predicted molar refractivity (Wildman–Crippen MR) is 97.3 cm³/mol. The summed E-state index contributed by atoms with van der Waals surface area (Å²) in [5.41, 5.74) is 1.95. The molecule has 1 fully saturated rings. The molecule has 1 aromatic rings. The highest BCUT2D eigenvalue weighted by atomic mass is 32.2. The molecule has 1 aromatic carbocycles. The van der Waals surface area contributed by atoms with E-state index in [9.17, 15) is 13.2 Å². The summed E-state index contributed by atoms with van der Waals surface area (Å²) in [6, 6.07) is 10.4. The highest BCUT2D eigenvalue weighted by molar-refractivity contribution is 7.88. The summed E-state index contributed by atoms with van der Waals surface area (Å²) < 4.78 is 28.1. The van der Waals surface area contributed by atoms with Gasteiger partial charge >= 0.3 is 10.2 Å². The maximum Gasteiger partial charge on any atom is 0.344 e. The van der Waals surface area contributed by atoms with Crippen LogP contribution in [0.25, 0.3) is 0 Å². The Morgan fingerprint density at radius 2 is 1.84 bits per heavy atom. The van der Waals surface area contributed by atoms with Crippen molar-refractivity contribution in [2.75, 3.05) is 20.1 Å². The van der Waals surface area contributed by atoms with Crippen LogP contribution in [0, 0.1) is 5.92 Å².